The number of methoxy groups -OCH3 is 2. The molecule has 2 N–H and O–H groups in total. The van der Waals surface area contributed by atoms with Crippen LogP contribution in [-0.4, -0.2) is 32.5 Å². The van der Waals surface area contributed by atoms with Crippen LogP contribution >= 0.6 is 0 Å². The zero-order valence-corrected chi connectivity index (χ0v) is 11.9. The van der Waals surface area contributed by atoms with Gasteiger partial charge in [-0.2, -0.15) is 0 Å². The van der Waals surface area contributed by atoms with Crippen LogP contribution in [0.2, 0.25) is 0 Å². The van der Waals surface area contributed by atoms with E-state index in [9.17, 15) is 0 Å². The molecule has 102 valence electrons. The van der Waals surface area contributed by atoms with Crippen molar-refractivity contribution in [1.29, 1.82) is 0 Å². The molecule has 0 radical (unpaired) electrons. The Morgan fingerprint density at radius 3 is 2.35 bits per heavy atom. The summed E-state index contributed by atoms with van der Waals surface area (Å²) in [6, 6.07) is 0.121. The molecular weight excluding hydrogens is 214 g/mol. The monoisotopic (exact) mass is 243 g/mol. The largest absolute Gasteiger partial charge is 0.385 e. The van der Waals surface area contributed by atoms with Crippen molar-refractivity contribution < 1.29 is 9.47 Å². The van der Waals surface area contributed by atoms with Gasteiger partial charge in [-0.1, -0.05) is 13.8 Å². The molecule has 2 atom stereocenters. The normalized spacial score (nSPS) is 33.4. The molecule has 0 bridgehead atoms. The van der Waals surface area contributed by atoms with Gasteiger partial charge < -0.3 is 15.2 Å². The van der Waals surface area contributed by atoms with Crippen LogP contribution in [0.1, 0.15) is 46.0 Å². The van der Waals surface area contributed by atoms with Gasteiger partial charge in [0, 0.05) is 26.9 Å². The van der Waals surface area contributed by atoms with Gasteiger partial charge in [-0.3, -0.25) is 0 Å². The van der Waals surface area contributed by atoms with Crippen LogP contribution in [0, 0.1) is 11.8 Å². The fourth-order valence-electron chi connectivity index (χ4n) is 2.93. The maximum atomic E-state index is 6.44. The van der Waals surface area contributed by atoms with Crippen LogP contribution in [-0.2, 0) is 9.47 Å². The molecule has 17 heavy (non-hydrogen) atoms. The molecule has 1 fully saturated rings. The maximum Gasteiger partial charge on any atom is 0.0831 e. The van der Waals surface area contributed by atoms with E-state index in [2.05, 4.69) is 13.8 Å². The Hall–Kier alpha value is -0.120. The second kappa shape index (κ2) is 6.72. The average Bonchev–Trinajstić information content (AvgIpc) is 2.36. The summed E-state index contributed by atoms with van der Waals surface area (Å²) < 4.78 is 11.0. The fraction of sp³-hybridized carbons (Fsp3) is 1.00. The van der Waals surface area contributed by atoms with Crippen LogP contribution in [0.3, 0.4) is 0 Å². The molecule has 0 saturated heterocycles. The fourth-order valence-corrected chi connectivity index (χ4v) is 2.93. The van der Waals surface area contributed by atoms with E-state index >= 15 is 0 Å². The second-order valence-electron chi connectivity index (χ2n) is 5.74. The molecule has 0 spiro atoms. The number of nitrogens with two attached hydrogens (primary N) is 1. The molecule has 0 aromatic carbocycles. The summed E-state index contributed by atoms with van der Waals surface area (Å²) >= 11 is 0. The van der Waals surface area contributed by atoms with Crippen molar-refractivity contribution in [3.63, 3.8) is 0 Å². The summed E-state index contributed by atoms with van der Waals surface area (Å²) in [5.74, 6) is 1.27. The highest BCUT2D eigenvalue weighted by Gasteiger charge is 2.41. The zero-order chi connectivity index (χ0) is 12.9. The lowest BCUT2D eigenvalue weighted by Crippen LogP contribution is -2.54. The SMILES string of the molecule is COCCC(C)C(N)C1(OC)CCC(C)CC1. The summed E-state index contributed by atoms with van der Waals surface area (Å²) in [6.45, 7) is 5.31. The predicted molar refractivity (Wildman–Crippen MR) is 71.0 cm³/mol. The molecule has 0 amide bonds. The molecule has 1 rings (SSSR count). The Labute approximate surface area is 106 Å². The quantitative estimate of drug-likeness (QED) is 0.780. The van der Waals surface area contributed by atoms with Gasteiger partial charge in [0.15, 0.2) is 0 Å². The lowest BCUT2D eigenvalue weighted by atomic mass is 9.72. The van der Waals surface area contributed by atoms with E-state index in [1.165, 1.54) is 12.8 Å². The van der Waals surface area contributed by atoms with Crippen LogP contribution in [0.4, 0.5) is 0 Å². The van der Waals surface area contributed by atoms with Gasteiger partial charge in [0.2, 0.25) is 0 Å². The van der Waals surface area contributed by atoms with Gasteiger partial charge in [-0.05, 0) is 43.9 Å². The third-order valence-electron chi connectivity index (χ3n) is 4.53. The number of hydrogen-bond acceptors (Lipinski definition) is 3. The van der Waals surface area contributed by atoms with Gasteiger partial charge in [-0.25, -0.2) is 0 Å². The highest BCUT2D eigenvalue weighted by Crippen LogP contribution is 2.38. The summed E-state index contributed by atoms with van der Waals surface area (Å²) in [4.78, 5) is 0. The van der Waals surface area contributed by atoms with Crippen molar-refractivity contribution in [2.45, 2.75) is 57.6 Å². The Morgan fingerprint density at radius 2 is 1.88 bits per heavy atom. The zero-order valence-electron chi connectivity index (χ0n) is 11.9. The first-order chi connectivity index (χ1) is 8.05. The summed E-state index contributed by atoms with van der Waals surface area (Å²) in [5.41, 5.74) is 6.35. The van der Waals surface area contributed by atoms with E-state index in [-0.39, 0.29) is 11.6 Å². The highest BCUT2D eigenvalue weighted by atomic mass is 16.5. The molecule has 1 aliphatic rings. The first-order valence-electron chi connectivity index (χ1n) is 6.85. The number of hydrogen-bond donors (Lipinski definition) is 1. The Kier molecular flexibility index (Phi) is 5.90. The van der Waals surface area contributed by atoms with E-state index in [0.717, 1.165) is 31.8 Å². The van der Waals surface area contributed by atoms with Crippen molar-refractivity contribution in [3.8, 4) is 0 Å². The third-order valence-corrected chi connectivity index (χ3v) is 4.53. The Morgan fingerprint density at radius 1 is 1.29 bits per heavy atom. The highest BCUT2D eigenvalue weighted by molar-refractivity contribution is 4.96. The van der Waals surface area contributed by atoms with Gasteiger partial charge in [0.05, 0.1) is 5.60 Å². The Bertz CT molecular complexity index is 212. The van der Waals surface area contributed by atoms with E-state index in [1.54, 1.807) is 7.11 Å². The van der Waals surface area contributed by atoms with Crippen molar-refractivity contribution in [2.75, 3.05) is 20.8 Å². The first kappa shape index (κ1) is 14.9. The molecule has 3 heteroatoms. The van der Waals surface area contributed by atoms with Crippen molar-refractivity contribution in [1.82, 2.24) is 0 Å². The van der Waals surface area contributed by atoms with Crippen LogP contribution < -0.4 is 5.73 Å². The Balaban J connectivity index is 2.59. The molecule has 1 aliphatic carbocycles. The molecule has 0 aromatic heterocycles. The summed E-state index contributed by atoms with van der Waals surface area (Å²) in [5, 5.41) is 0. The molecular formula is C14H29NO2. The number of rotatable bonds is 6. The van der Waals surface area contributed by atoms with Crippen LogP contribution in [0.25, 0.3) is 0 Å². The molecule has 0 aromatic rings. The molecule has 0 aliphatic heterocycles. The van der Waals surface area contributed by atoms with Gasteiger partial charge in [0.1, 0.15) is 0 Å². The van der Waals surface area contributed by atoms with E-state index in [0.29, 0.717) is 5.92 Å². The maximum absolute atomic E-state index is 6.44. The van der Waals surface area contributed by atoms with E-state index in [1.807, 2.05) is 7.11 Å². The van der Waals surface area contributed by atoms with Crippen molar-refractivity contribution in [2.24, 2.45) is 17.6 Å². The molecule has 1 saturated carbocycles. The second-order valence-corrected chi connectivity index (χ2v) is 5.74. The van der Waals surface area contributed by atoms with Crippen LogP contribution in [0.15, 0.2) is 0 Å². The molecule has 0 heterocycles. The van der Waals surface area contributed by atoms with E-state index in [4.69, 9.17) is 15.2 Å². The molecule has 2 unspecified atom stereocenters. The van der Waals surface area contributed by atoms with Crippen molar-refractivity contribution in [3.05, 3.63) is 0 Å². The van der Waals surface area contributed by atoms with Gasteiger partial charge in [0.25, 0.3) is 0 Å². The average molecular weight is 243 g/mol. The summed E-state index contributed by atoms with van der Waals surface area (Å²) in [7, 11) is 3.56. The smallest absolute Gasteiger partial charge is 0.0831 e. The van der Waals surface area contributed by atoms with E-state index < -0.39 is 0 Å². The minimum atomic E-state index is -0.0976. The predicted octanol–water partition coefficient (Wildman–Crippen LogP) is 2.58. The van der Waals surface area contributed by atoms with Gasteiger partial charge >= 0.3 is 0 Å². The third kappa shape index (κ3) is 3.67. The van der Waals surface area contributed by atoms with Crippen LogP contribution in [0.5, 0.6) is 0 Å². The lowest BCUT2D eigenvalue weighted by Gasteiger charge is -2.44. The first-order valence-corrected chi connectivity index (χ1v) is 6.85. The van der Waals surface area contributed by atoms with Crippen molar-refractivity contribution >= 4 is 0 Å². The topological polar surface area (TPSA) is 44.5 Å². The minimum absolute atomic E-state index is 0.0976. The molecule has 3 nitrogen and oxygen atoms in total. The number of ether oxygens (including phenoxy) is 2. The lowest BCUT2D eigenvalue weighted by molar-refractivity contribution is -0.0788. The summed E-state index contributed by atoms with van der Waals surface area (Å²) in [6.07, 6.45) is 5.68. The standard InChI is InChI=1S/C14H29NO2/c1-11-5-8-14(17-4,9-6-11)13(15)12(2)7-10-16-3/h11-13H,5-10,15H2,1-4H3. The van der Waals surface area contributed by atoms with Gasteiger partial charge in [-0.15, -0.1) is 0 Å². The minimum Gasteiger partial charge on any atom is -0.385 e.